The zero-order valence-electron chi connectivity index (χ0n) is 23.3. The molecule has 5 nitrogen and oxygen atoms in total. The Morgan fingerprint density at radius 2 is 1.72 bits per heavy atom. The Morgan fingerprint density at radius 1 is 1.00 bits per heavy atom. The maximum atomic E-state index is 15.3. The van der Waals surface area contributed by atoms with Gasteiger partial charge in [0.15, 0.2) is 0 Å². The van der Waals surface area contributed by atoms with Gasteiger partial charge in [0.1, 0.15) is 23.4 Å². The molecule has 2 heterocycles. The van der Waals surface area contributed by atoms with E-state index in [0.717, 1.165) is 24.1 Å². The highest BCUT2D eigenvalue weighted by molar-refractivity contribution is 7.99. The van der Waals surface area contributed by atoms with Gasteiger partial charge in [-0.1, -0.05) is 24.3 Å². The lowest BCUT2D eigenvalue weighted by Crippen LogP contribution is -2.28. The van der Waals surface area contributed by atoms with E-state index in [2.05, 4.69) is 9.08 Å². The molecule has 2 aliphatic heterocycles. The number of ether oxygens (including phenoxy) is 1. The van der Waals surface area contributed by atoms with Crippen molar-refractivity contribution in [3.8, 4) is 11.5 Å². The molecule has 5 rings (SSSR count). The second-order valence-corrected chi connectivity index (χ2v) is 13.1. The van der Waals surface area contributed by atoms with Crippen molar-refractivity contribution in [3.63, 3.8) is 0 Å². The molecule has 0 N–H and O–H groups in total. The van der Waals surface area contributed by atoms with Crippen LogP contribution in [-0.2, 0) is 10.1 Å². The highest BCUT2D eigenvalue weighted by Crippen LogP contribution is 2.45. The summed E-state index contributed by atoms with van der Waals surface area (Å²) in [4.78, 5) is 2.68. The number of alkyl halides is 4. The molecule has 0 saturated carbocycles. The monoisotopic (exact) mass is 639 g/mol. The van der Waals surface area contributed by atoms with Gasteiger partial charge in [-0.3, -0.25) is 9.29 Å². The van der Waals surface area contributed by atoms with Crippen LogP contribution in [-0.4, -0.2) is 57.0 Å². The summed E-state index contributed by atoms with van der Waals surface area (Å²) in [6, 6.07) is 16.3. The summed E-state index contributed by atoms with van der Waals surface area (Å²) >= 11 is 1.32. The minimum absolute atomic E-state index is 0.0247. The molecule has 230 valence electrons. The van der Waals surface area contributed by atoms with E-state index in [9.17, 15) is 26.0 Å². The van der Waals surface area contributed by atoms with E-state index in [4.69, 9.17) is 4.74 Å². The zero-order chi connectivity index (χ0) is 30.8. The number of aryl methyl sites for hydroxylation is 1. The number of likely N-dealkylation sites (tertiary alicyclic amines) is 1. The van der Waals surface area contributed by atoms with Crippen molar-refractivity contribution in [2.24, 2.45) is 0 Å². The number of benzene rings is 3. The number of hydrogen-bond donors (Lipinski definition) is 0. The quantitative estimate of drug-likeness (QED) is 0.136. The Hall–Kier alpha value is -3.09. The Kier molecular flexibility index (Phi) is 9.38. The minimum atomic E-state index is -5.84. The third-order valence-electron chi connectivity index (χ3n) is 7.36. The first-order valence-electron chi connectivity index (χ1n) is 13.8. The van der Waals surface area contributed by atoms with Crippen molar-refractivity contribution in [1.82, 2.24) is 4.90 Å². The third kappa shape index (κ3) is 7.18. The summed E-state index contributed by atoms with van der Waals surface area (Å²) in [7, 11) is -5.84. The van der Waals surface area contributed by atoms with Crippen LogP contribution in [0.5, 0.6) is 11.5 Å². The average Bonchev–Trinajstić information content (AvgIpc) is 3.30. The highest BCUT2D eigenvalue weighted by Gasteiger charge is 2.48. The second-order valence-electron chi connectivity index (χ2n) is 10.5. The van der Waals surface area contributed by atoms with Crippen LogP contribution in [0.15, 0.2) is 65.6 Å². The molecule has 2 aliphatic rings. The van der Waals surface area contributed by atoms with Gasteiger partial charge in [-0.2, -0.15) is 21.6 Å². The Balaban J connectivity index is 1.51. The van der Waals surface area contributed by atoms with Gasteiger partial charge < -0.3 is 8.92 Å². The Bertz CT molecular complexity index is 1610. The standard InChI is InChI=1S/C31H30F5NO4S2/c1-20-3-9-25(28(33)17-20)26-12-16-42-29-18-23(41-43(38,39)31(34,35)36)8-10-27(29)30(26)21-4-6-22(7-5-21)40-24-11-15-37(19-24)14-2-13-32/h3-10,17-18,24H,2,11-16,19H2,1H3. The average molecular weight is 640 g/mol. The van der Waals surface area contributed by atoms with Gasteiger partial charge in [0.25, 0.3) is 0 Å². The van der Waals surface area contributed by atoms with E-state index < -0.39 is 27.2 Å². The maximum Gasteiger partial charge on any atom is 0.534 e. The van der Waals surface area contributed by atoms with Crippen molar-refractivity contribution in [3.05, 3.63) is 88.7 Å². The van der Waals surface area contributed by atoms with Gasteiger partial charge in [-0.05, 0) is 90.4 Å². The first kappa shape index (κ1) is 31.3. The first-order chi connectivity index (χ1) is 20.4. The molecule has 1 fully saturated rings. The Labute approximate surface area is 251 Å². The molecular formula is C31H30F5NO4S2. The van der Waals surface area contributed by atoms with E-state index in [1.807, 2.05) is 30.3 Å². The number of thioether (sulfide) groups is 1. The van der Waals surface area contributed by atoms with E-state index in [1.165, 1.54) is 36.0 Å². The van der Waals surface area contributed by atoms with Gasteiger partial charge >= 0.3 is 15.6 Å². The maximum absolute atomic E-state index is 15.3. The second kappa shape index (κ2) is 12.9. The van der Waals surface area contributed by atoms with Gasteiger partial charge in [-0.25, -0.2) is 4.39 Å². The number of hydrogen-bond acceptors (Lipinski definition) is 6. The summed E-state index contributed by atoms with van der Waals surface area (Å²) < 4.78 is 101. The molecule has 1 unspecified atom stereocenters. The Morgan fingerprint density at radius 3 is 2.42 bits per heavy atom. The first-order valence-corrected chi connectivity index (χ1v) is 16.2. The largest absolute Gasteiger partial charge is 0.534 e. The van der Waals surface area contributed by atoms with Gasteiger partial charge in [0, 0.05) is 35.8 Å². The predicted octanol–water partition coefficient (Wildman–Crippen LogP) is 7.63. The molecular weight excluding hydrogens is 609 g/mol. The molecule has 0 amide bonds. The van der Waals surface area contributed by atoms with Crippen molar-refractivity contribution >= 4 is 33.0 Å². The van der Waals surface area contributed by atoms with Gasteiger partial charge in [-0.15, -0.1) is 11.8 Å². The normalized spacial score (nSPS) is 18.0. The topological polar surface area (TPSA) is 55.8 Å². The van der Waals surface area contributed by atoms with Crippen LogP contribution < -0.4 is 8.92 Å². The molecule has 1 saturated heterocycles. The summed E-state index contributed by atoms with van der Waals surface area (Å²) in [5, 5.41) is 0. The molecule has 0 aromatic heterocycles. The molecule has 0 spiro atoms. The zero-order valence-corrected chi connectivity index (χ0v) is 24.9. The van der Waals surface area contributed by atoms with Gasteiger partial charge in [0.05, 0.1) is 6.67 Å². The fourth-order valence-corrected chi connectivity index (χ4v) is 6.84. The molecule has 0 aliphatic carbocycles. The van der Waals surface area contributed by atoms with Crippen molar-refractivity contribution in [1.29, 1.82) is 0 Å². The van der Waals surface area contributed by atoms with E-state index in [1.54, 1.807) is 13.0 Å². The SMILES string of the molecule is Cc1ccc(C2=C(c3ccc(OC4CCN(CCCF)C4)cc3)c3ccc(OS(=O)(=O)C(F)(F)F)cc3SCC2)c(F)c1. The molecule has 12 heteroatoms. The van der Waals surface area contributed by atoms with Crippen molar-refractivity contribution in [2.75, 3.05) is 32.1 Å². The molecule has 1 atom stereocenters. The fraction of sp³-hybridized carbons (Fsp3) is 0.355. The number of halogens is 5. The number of allylic oxidation sites excluding steroid dienone is 1. The summed E-state index contributed by atoms with van der Waals surface area (Å²) in [5.74, 6) is 0.259. The summed E-state index contributed by atoms with van der Waals surface area (Å²) in [6.07, 6.45) is 1.74. The van der Waals surface area contributed by atoms with Crippen LogP contribution in [0, 0.1) is 12.7 Å². The van der Waals surface area contributed by atoms with Crippen LogP contribution in [0.3, 0.4) is 0 Å². The van der Waals surface area contributed by atoms with E-state index in [0.29, 0.717) is 64.6 Å². The summed E-state index contributed by atoms with van der Waals surface area (Å²) in [5.41, 5.74) is -1.65. The van der Waals surface area contributed by atoms with Crippen molar-refractivity contribution in [2.45, 2.75) is 42.7 Å². The van der Waals surface area contributed by atoms with Crippen molar-refractivity contribution < 1.29 is 39.3 Å². The fourth-order valence-electron chi connectivity index (χ4n) is 5.34. The van der Waals surface area contributed by atoms with Crippen LogP contribution in [0.4, 0.5) is 22.0 Å². The number of rotatable bonds is 9. The van der Waals surface area contributed by atoms with Gasteiger partial charge in [0.2, 0.25) is 0 Å². The molecule has 43 heavy (non-hydrogen) atoms. The number of nitrogens with zero attached hydrogens (tertiary/aromatic N) is 1. The van der Waals surface area contributed by atoms with Crippen LogP contribution >= 0.6 is 11.8 Å². The number of fused-ring (bicyclic) bond motifs is 1. The van der Waals surface area contributed by atoms with Crippen LogP contribution in [0.25, 0.3) is 11.1 Å². The molecule has 0 radical (unpaired) electrons. The molecule has 3 aromatic rings. The highest BCUT2D eigenvalue weighted by atomic mass is 32.2. The summed E-state index contributed by atoms with van der Waals surface area (Å²) in [6.45, 7) is 3.68. The van der Waals surface area contributed by atoms with E-state index in [-0.39, 0.29) is 12.8 Å². The lowest BCUT2D eigenvalue weighted by Gasteiger charge is -2.19. The van der Waals surface area contributed by atoms with Crippen LogP contribution in [0.1, 0.15) is 41.5 Å². The molecule has 3 aromatic carbocycles. The minimum Gasteiger partial charge on any atom is -0.489 e. The molecule has 0 bridgehead atoms. The van der Waals surface area contributed by atoms with Crippen LogP contribution in [0.2, 0.25) is 0 Å². The lowest BCUT2D eigenvalue weighted by molar-refractivity contribution is -0.0500. The predicted molar refractivity (Wildman–Crippen MR) is 157 cm³/mol. The van der Waals surface area contributed by atoms with E-state index >= 15 is 4.39 Å². The lowest BCUT2D eigenvalue weighted by atomic mass is 9.87. The third-order valence-corrected chi connectivity index (χ3v) is 9.39. The smallest absolute Gasteiger partial charge is 0.489 e.